The van der Waals surface area contributed by atoms with Gasteiger partial charge in [0, 0.05) is 0 Å². The summed E-state index contributed by atoms with van der Waals surface area (Å²) in [5, 5.41) is 10.9. The second-order valence-corrected chi connectivity index (χ2v) is 5.28. The predicted octanol–water partition coefficient (Wildman–Crippen LogP) is 1.99. The molecule has 0 heterocycles. The Labute approximate surface area is 114 Å². The van der Waals surface area contributed by atoms with Crippen LogP contribution in [-0.4, -0.2) is 30.3 Å². The minimum atomic E-state index is -0.812. The van der Waals surface area contributed by atoms with Crippen LogP contribution in [0, 0.1) is 17.2 Å². The predicted molar refractivity (Wildman–Crippen MR) is 69.2 cm³/mol. The number of hydrogen-bond donors (Lipinski definition) is 1. The Morgan fingerprint density at radius 1 is 1.37 bits per heavy atom. The number of esters is 1. The van der Waals surface area contributed by atoms with Crippen LogP contribution in [-0.2, 0) is 14.3 Å². The quantitative estimate of drug-likeness (QED) is 0.772. The van der Waals surface area contributed by atoms with Crippen LogP contribution in [0.15, 0.2) is 0 Å². The van der Waals surface area contributed by atoms with Gasteiger partial charge in [0.15, 0.2) is 6.61 Å². The monoisotopic (exact) mass is 270 g/mol. The number of hydrogen-bond acceptors (Lipinski definition) is 5. The van der Waals surface area contributed by atoms with E-state index in [0.29, 0.717) is 6.42 Å². The van der Waals surface area contributed by atoms with Crippen LogP contribution in [0.1, 0.15) is 41.0 Å². The molecule has 0 spiro atoms. The average Bonchev–Trinajstić information content (AvgIpc) is 2.29. The lowest BCUT2D eigenvalue weighted by Crippen LogP contribution is -2.47. The maximum atomic E-state index is 11.8. The molecule has 0 radical (unpaired) electrons. The number of carbonyl (C=O) groups is 2. The molecule has 0 saturated carbocycles. The number of nitrogens with zero attached hydrogens (tertiary/aromatic N) is 1. The van der Waals surface area contributed by atoms with E-state index >= 15 is 0 Å². The van der Waals surface area contributed by atoms with Crippen LogP contribution in [0.25, 0.3) is 0 Å². The molecule has 0 aliphatic heterocycles. The molecule has 6 heteroatoms. The molecule has 0 rings (SSSR count). The van der Waals surface area contributed by atoms with Gasteiger partial charge in [-0.3, -0.25) is 0 Å². The van der Waals surface area contributed by atoms with E-state index in [9.17, 15) is 9.59 Å². The largest absolute Gasteiger partial charge is 0.449 e. The van der Waals surface area contributed by atoms with Crippen molar-refractivity contribution in [1.29, 1.82) is 5.26 Å². The van der Waals surface area contributed by atoms with Crippen LogP contribution < -0.4 is 5.32 Å². The fourth-order valence-electron chi connectivity index (χ4n) is 1.30. The molecule has 0 aliphatic rings. The van der Waals surface area contributed by atoms with E-state index in [2.05, 4.69) is 5.32 Å². The third-order valence-corrected chi connectivity index (χ3v) is 2.42. The fraction of sp³-hybridized carbons (Fsp3) is 0.769. The first-order valence-corrected chi connectivity index (χ1v) is 6.24. The van der Waals surface area contributed by atoms with Crippen molar-refractivity contribution < 1.29 is 19.1 Å². The normalized spacial score (nSPS) is 13.9. The molecule has 2 unspecified atom stereocenters. The van der Waals surface area contributed by atoms with Gasteiger partial charge in [-0.1, -0.05) is 20.3 Å². The highest BCUT2D eigenvalue weighted by Gasteiger charge is 2.29. The number of ether oxygens (including phenoxy) is 2. The molecule has 1 amide bonds. The number of rotatable bonds is 5. The Bertz CT molecular complexity index is 355. The van der Waals surface area contributed by atoms with Crippen LogP contribution >= 0.6 is 0 Å². The molecule has 1 N–H and O–H groups in total. The van der Waals surface area contributed by atoms with Gasteiger partial charge in [-0.05, 0) is 26.7 Å². The minimum absolute atomic E-state index is 0.112. The first kappa shape index (κ1) is 17.2. The Kier molecular flexibility index (Phi) is 6.91. The summed E-state index contributed by atoms with van der Waals surface area (Å²) in [6.45, 7) is 8.58. The zero-order valence-electron chi connectivity index (χ0n) is 12.1. The van der Waals surface area contributed by atoms with Crippen molar-refractivity contribution in [2.24, 2.45) is 5.92 Å². The zero-order valence-corrected chi connectivity index (χ0v) is 12.1. The summed E-state index contributed by atoms with van der Waals surface area (Å²) in [5.74, 6) is -0.736. The minimum Gasteiger partial charge on any atom is -0.449 e. The van der Waals surface area contributed by atoms with E-state index in [-0.39, 0.29) is 12.5 Å². The summed E-state index contributed by atoms with van der Waals surface area (Å²) in [5.41, 5.74) is -0.638. The summed E-state index contributed by atoms with van der Waals surface area (Å²) in [4.78, 5) is 23.4. The van der Waals surface area contributed by atoms with Gasteiger partial charge in [0.1, 0.15) is 17.7 Å². The second kappa shape index (κ2) is 7.62. The topological polar surface area (TPSA) is 88.4 Å². The Morgan fingerprint density at radius 2 is 1.95 bits per heavy atom. The molecule has 108 valence electrons. The second-order valence-electron chi connectivity index (χ2n) is 5.28. The van der Waals surface area contributed by atoms with E-state index in [4.69, 9.17) is 14.7 Å². The van der Waals surface area contributed by atoms with Crippen molar-refractivity contribution in [1.82, 2.24) is 5.32 Å². The molecule has 6 nitrogen and oxygen atoms in total. The van der Waals surface area contributed by atoms with Gasteiger partial charge < -0.3 is 14.8 Å². The van der Waals surface area contributed by atoms with Gasteiger partial charge in [-0.2, -0.15) is 5.26 Å². The van der Waals surface area contributed by atoms with Gasteiger partial charge in [-0.15, -0.1) is 0 Å². The third-order valence-electron chi connectivity index (χ3n) is 2.42. The maximum Gasteiger partial charge on any atom is 0.408 e. The number of amides is 1. The number of alkyl carbamates (subject to hydrolysis) is 1. The van der Waals surface area contributed by atoms with Crippen LogP contribution in [0.5, 0.6) is 0 Å². The molecule has 0 aromatic carbocycles. The molecule has 0 aromatic heterocycles. The SMILES string of the molecule is CCC(C)C(NC(=O)OC(C)(C)C)C(=O)OCC#N. The molecule has 19 heavy (non-hydrogen) atoms. The summed E-state index contributed by atoms with van der Waals surface area (Å²) in [7, 11) is 0. The van der Waals surface area contributed by atoms with Gasteiger partial charge in [-0.25, -0.2) is 9.59 Å². The molecule has 0 aromatic rings. The Balaban J connectivity index is 4.65. The summed E-state index contributed by atoms with van der Waals surface area (Å²) in [6, 6.07) is 0.903. The molecule has 0 fully saturated rings. The Hall–Kier alpha value is -1.77. The molecule has 0 saturated heterocycles. The third kappa shape index (κ3) is 7.29. The highest BCUT2D eigenvalue weighted by atomic mass is 16.6. The van der Waals surface area contributed by atoms with Crippen molar-refractivity contribution in [3.05, 3.63) is 0 Å². The lowest BCUT2D eigenvalue weighted by molar-refractivity contribution is -0.146. The Morgan fingerprint density at radius 3 is 2.37 bits per heavy atom. The smallest absolute Gasteiger partial charge is 0.408 e. The molecular formula is C13H22N2O4. The van der Waals surface area contributed by atoms with Gasteiger partial charge >= 0.3 is 12.1 Å². The van der Waals surface area contributed by atoms with Crippen molar-refractivity contribution >= 4 is 12.1 Å². The van der Waals surface area contributed by atoms with E-state index < -0.39 is 23.7 Å². The standard InChI is InChI=1S/C13H22N2O4/c1-6-9(2)10(11(16)18-8-7-14)15-12(17)19-13(3,4)5/h9-10H,6,8H2,1-5H3,(H,15,17). The van der Waals surface area contributed by atoms with Crippen molar-refractivity contribution in [2.45, 2.75) is 52.7 Å². The van der Waals surface area contributed by atoms with E-state index in [0.717, 1.165) is 0 Å². The first-order valence-electron chi connectivity index (χ1n) is 6.24. The maximum absolute atomic E-state index is 11.8. The first-order chi connectivity index (χ1) is 8.71. The lowest BCUT2D eigenvalue weighted by Gasteiger charge is -2.25. The van der Waals surface area contributed by atoms with Crippen molar-refractivity contribution in [3.63, 3.8) is 0 Å². The van der Waals surface area contributed by atoms with E-state index in [1.165, 1.54) is 0 Å². The lowest BCUT2D eigenvalue weighted by atomic mass is 9.99. The molecule has 2 atom stereocenters. The molecule has 0 aliphatic carbocycles. The van der Waals surface area contributed by atoms with E-state index in [1.54, 1.807) is 26.8 Å². The number of nitriles is 1. The highest BCUT2D eigenvalue weighted by molar-refractivity contribution is 5.81. The van der Waals surface area contributed by atoms with Crippen molar-refractivity contribution in [3.8, 4) is 6.07 Å². The zero-order chi connectivity index (χ0) is 15.1. The van der Waals surface area contributed by atoms with Crippen LogP contribution in [0.2, 0.25) is 0 Å². The molecular weight excluding hydrogens is 248 g/mol. The summed E-state index contributed by atoms with van der Waals surface area (Å²) < 4.78 is 9.83. The van der Waals surface area contributed by atoms with Crippen LogP contribution in [0.3, 0.4) is 0 Å². The molecule has 0 bridgehead atoms. The summed E-state index contributed by atoms with van der Waals surface area (Å²) in [6.07, 6.45) is 0.00831. The average molecular weight is 270 g/mol. The van der Waals surface area contributed by atoms with E-state index in [1.807, 2.05) is 13.8 Å². The van der Waals surface area contributed by atoms with Crippen molar-refractivity contribution in [2.75, 3.05) is 6.61 Å². The fourth-order valence-corrected chi connectivity index (χ4v) is 1.30. The highest BCUT2D eigenvalue weighted by Crippen LogP contribution is 2.12. The van der Waals surface area contributed by atoms with Crippen LogP contribution in [0.4, 0.5) is 4.79 Å². The number of nitrogens with one attached hydrogen (secondary N) is 1. The van der Waals surface area contributed by atoms with Gasteiger partial charge in [0.25, 0.3) is 0 Å². The number of carbonyl (C=O) groups excluding carboxylic acids is 2. The van der Waals surface area contributed by atoms with Gasteiger partial charge in [0.05, 0.1) is 0 Å². The van der Waals surface area contributed by atoms with Gasteiger partial charge in [0.2, 0.25) is 0 Å². The summed E-state index contributed by atoms with van der Waals surface area (Å²) >= 11 is 0.